The molecule has 5 heteroatoms. The lowest BCUT2D eigenvalue weighted by Gasteiger charge is -2.13. The number of aromatic nitrogens is 3. The van der Waals surface area contributed by atoms with E-state index in [0.29, 0.717) is 11.3 Å². The molecule has 0 aliphatic carbocycles. The van der Waals surface area contributed by atoms with Gasteiger partial charge in [-0.1, -0.05) is 43.3 Å². The van der Waals surface area contributed by atoms with E-state index in [2.05, 4.69) is 17.2 Å². The standard InChI is InChI=1S/C24H22N4O/c1-3-18-10-7-9-17(2)22(18)26-24(29)21-16-28(20-12-5-4-6-13-20)27-23(21)19-11-8-14-25-15-19/h4-16H,3H2,1-2H3,(H,26,29). The zero-order valence-corrected chi connectivity index (χ0v) is 16.5. The number of benzene rings is 2. The van der Waals surface area contributed by atoms with Crippen LogP contribution in [0.3, 0.4) is 0 Å². The van der Waals surface area contributed by atoms with Crippen LogP contribution >= 0.6 is 0 Å². The summed E-state index contributed by atoms with van der Waals surface area (Å²) in [4.78, 5) is 17.5. The van der Waals surface area contributed by atoms with Gasteiger partial charge in [0.15, 0.2) is 0 Å². The third-order valence-corrected chi connectivity index (χ3v) is 4.89. The Kier molecular flexibility index (Phi) is 5.20. The first kappa shape index (κ1) is 18.6. The fourth-order valence-electron chi connectivity index (χ4n) is 3.35. The number of hydrogen-bond donors (Lipinski definition) is 1. The highest BCUT2D eigenvalue weighted by Crippen LogP contribution is 2.26. The number of rotatable bonds is 5. The average Bonchev–Trinajstić information content (AvgIpc) is 3.22. The van der Waals surface area contributed by atoms with E-state index >= 15 is 0 Å². The summed E-state index contributed by atoms with van der Waals surface area (Å²) >= 11 is 0. The summed E-state index contributed by atoms with van der Waals surface area (Å²) < 4.78 is 1.73. The van der Waals surface area contributed by atoms with Crippen LogP contribution in [-0.2, 0) is 6.42 Å². The van der Waals surface area contributed by atoms with E-state index in [1.807, 2.05) is 67.6 Å². The molecule has 144 valence electrons. The van der Waals surface area contributed by atoms with Crippen LogP contribution in [-0.4, -0.2) is 20.7 Å². The highest BCUT2D eigenvalue weighted by atomic mass is 16.1. The Balaban J connectivity index is 1.78. The summed E-state index contributed by atoms with van der Waals surface area (Å²) in [5.41, 5.74) is 5.81. The number of carbonyl (C=O) groups is 1. The fraction of sp³-hybridized carbons (Fsp3) is 0.125. The number of pyridine rings is 1. The molecule has 0 bridgehead atoms. The molecule has 29 heavy (non-hydrogen) atoms. The van der Waals surface area contributed by atoms with Gasteiger partial charge in [-0.2, -0.15) is 5.10 Å². The number of para-hydroxylation sites is 2. The summed E-state index contributed by atoms with van der Waals surface area (Å²) in [7, 11) is 0. The van der Waals surface area contributed by atoms with Crippen molar-refractivity contribution in [1.29, 1.82) is 0 Å². The quantitative estimate of drug-likeness (QED) is 0.525. The van der Waals surface area contributed by atoms with Crippen molar-refractivity contribution >= 4 is 11.6 Å². The van der Waals surface area contributed by atoms with E-state index < -0.39 is 0 Å². The Labute approximate surface area is 170 Å². The summed E-state index contributed by atoms with van der Waals surface area (Å²) in [6.45, 7) is 4.09. The Morgan fingerprint density at radius 2 is 1.86 bits per heavy atom. The molecule has 0 unspecified atom stereocenters. The molecule has 2 aromatic heterocycles. The number of aryl methyl sites for hydroxylation is 2. The molecule has 5 nitrogen and oxygen atoms in total. The Morgan fingerprint density at radius 1 is 1.03 bits per heavy atom. The van der Waals surface area contributed by atoms with Crippen molar-refractivity contribution < 1.29 is 4.79 Å². The van der Waals surface area contributed by atoms with Crippen LogP contribution in [0.15, 0.2) is 79.3 Å². The first-order chi connectivity index (χ1) is 14.2. The molecule has 0 radical (unpaired) electrons. The van der Waals surface area contributed by atoms with Crippen molar-refractivity contribution in [3.63, 3.8) is 0 Å². The molecule has 0 atom stereocenters. The Hall–Kier alpha value is -3.73. The maximum atomic E-state index is 13.3. The van der Waals surface area contributed by atoms with Gasteiger partial charge in [-0.3, -0.25) is 9.78 Å². The smallest absolute Gasteiger partial charge is 0.259 e. The first-order valence-electron chi connectivity index (χ1n) is 9.62. The van der Waals surface area contributed by atoms with E-state index in [1.165, 1.54) is 0 Å². The van der Waals surface area contributed by atoms with E-state index in [1.54, 1.807) is 23.3 Å². The van der Waals surface area contributed by atoms with E-state index in [0.717, 1.165) is 34.5 Å². The molecule has 4 rings (SSSR count). The van der Waals surface area contributed by atoms with Crippen molar-refractivity contribution in [2.45, 2.75) is 20.3 Å². The van der Waals surface area contributed by atoms with Gasteiger partial charge in [0, 0.05) is 29.8 Å². The Bertz CT molecular complexity index is 1130. The molecular weight excluding hydrogens is 360 g/mol. The monoisotopic (exact) mass is 382 g/mol. The van der Waals surface area contributed by atoms with E-state index in [-0.39, 0.29) is 5.91 Å². The van der Waals surface area contributed by atoms with Crippen molar-refractivity contribution in [3.8, 4) is 16.9 Å². The molecule has 4 aromatic rings. The second kappa shape index (κ2) is 8.10. The third-order valence-electron chi connectivity index (χ3n) is 4.89. The largest absolute Gasteiger partial charge is 0.321 e. The SMILES string of the molecule is CCc1cccc(C)c1NC(=O)c1cn(-c2ccccc2)nc1-c1cccnc1. The van der Waals surface area contributed by atoms with Crippen LogP contribution in [0, 0.1) is 6.92 Å². The van der Waals surface area contributed by atoms with E-state index in [9.17, 15) is 4.79 Å². The molecule has 0 aliphatic heterocycles. The number of nitrogens with zero attached hydrogens (tertiary/aromatic N) is 3. The topological polar surface area (TPSA) is 59.8 Å². The highest BCUT2D eigenvalue weighted by Gasteiger charge is 2.20. The second-order valence-electron chi connectivity index (χ2n) is 6.83. The number of amides is 1. The molecule has 1 N–H and O–H groups in total. The van der Waals surface area contributed by atoms with Gasteiger partial charge in [-0.15, -0.1) is 0 Å². The van der Waals surface area contributed by atoms with Crippen molar-refractivity contribution in [2.24, 2.45) is 0 Å². The lowest BCUT2D eigenvalue weighted by molar-refractivity contribution is 0.102. The van der Waals surface area contributed by atoms with Crippen molar-refractivity contribution in [2.75, 3.05) is 5.32 Å². The minimum absolute atomic E-state index is 0.185. The molecule has 2 heterocycles. The maximum absolute atomic E-state index is 13.3. The average molecular weight is 382 g/mol. The van der Waals surface area contributed by atoms with Gasteiger partial charge in [0.2, 0.25) is 0 Å². The van der Waals surface area contributed by atoms with Crippen LogP contribution in [0.1, 0.15) is 28.4 Å². The highest BCUT2D eigenvalue weighted by molar-refractivity contribution is 6.08. The number of hydrogen-bond acceptors (Lipinski definition) is 3. The number of nitrogens with one attached hydrogen (secondary N) is 1. The predicted molar refractivity (Wildman–Crippen MR) is 115 cm³/mol. The molecule has 0 saturated heterocycles. The van der Waals surface area contributed by atoms with Crippen LogP contribution in [0.5, 0.6) is 0 Å². The first-order valence-corrected chi connectivity index (χ1v) is 9.62. The summed E-state index contributed by atoms with van der Waals surface area (Å²) in [5, 5.41) is 7.80. The molecule has 1 amide bonds. The van der Waals surface area contributed by atoms with Crippen molar-refractivity contribution in [1.82, 2.24) is 14.8 Å². The minimum atomic E-state index is -0.185. The molecular formula is C24H22N4O. The van der Waals surface area contributed by atoms with Gasteiger partial charge in [-0.25, -0.2) is 4.68 Å². The van der Waals surface area contributed by atoms with Crippen LogP contribution in [0.4, 0.5) is 5.69 Å². The van der Waals surface area contributed by atoms with Crippen LogP contribution in [0.2, 0.25) is 0 Å². The lowest BCUT2D eigenvalue weighted by Crippen LogP contribution is -2.14. The lowest BCUT2D eigenvalue weighted by atomic mass is 10.0. The molecule has 0 saturated carbocycles. The molecule has 0 fully saturated rings. The summed E-state index contributed by atoms with van der Waals surface area (Å²) in [5.74, 6) is -0.185. The number of anilines is 1. The summed E-state index contributed by atoms with van der Waals surface area (Å²) in [6, 6.07) is 19.6. The predicted octanol–water partition coefficient (Wildman–Crippen LogP) is 5.06. The molecule has 0 aliphatic rings. The molecule has 0 spiro atoms. The minimum Gasteiger partial charge on any atom is -0.321 e. The van der Waals surface area contributed by atoms with Gasteiger partial charge < -0.3 is 5.32 Å². The zero-order chi connectivity index (χ0) is 20.2. The van der Waals surface area contributed by atoms with Gasteiger partial charge in [0.05, 0.1) is 11.3 Å². The van der Waals surface area contributed by atoms with Gasteiger partial charge >= 0.3 is 0 Å². The zero-order valence-electron chi connectivity index (χ0n) is 16.5. The Morgan fingerprint density at radius 3 is 2.59 bits per heavy atom. The third kappa shape index (κ3) is 3.80. The van der Waals surface area contributed by atoms with Crippen LogP contribution < -0.4 is 5.32 Å². The van der Waals surface area contributed by atoms with Crippen molar-refractivity contribution in [3.05, 3.63) is 95.9 Å². The fourth-order valence-corrected chi connectivity index (χ4v) is 3.35. The van der Waals surface area contributed by atoms with E-state index in [4.69, 9.17) is 5.10 Å². The van der Waals surface area contributed by atoms with Gasteiger partial charge in [-0.05, 0) is 48.7 Å². The maximum Gasteiger partial charge on any atom is 0.259 e. The van der Waals surface area contributed by atoms with Gasteiger partial charge in [0.1, 0.15) is 5.69 Å². The summed E-state index contributed by atoms with van der Waals surface area (Å²) in [6.07, 6.45) is 6.05. The molecule has 2 aromatic carbocycles. The number of carbonyl (C=O) groups excluding carboxylic acids is 1. The van der Waals surface area contributed by atoms with Gasteiger partial charge in [0.25, 0.3) is 5.91 Å². The second-order valence-corrected chi connectivity index (χ2v) is 6.83. The van der Waals surface area contributed by atoms with Crippen LogP contribution in [0.25, 0.3) is 16.9 Å². The normalized spacial score (nSPS) is 10.7.